The molecule has 194 valence electrons. The summed E-state index contributed by atoms with van der Waals surface area (Å²) in [5.41, 5.74) is 1.10. The van der Waals surface area contributed by atoms with E-state index in [9.17, 15) is 13.6 Å². The van der Waals surface area contributed by atoms with Crippen molar-refractivity contribution in [2.45, 2.75) is 50.4 Å². The summed E-state index contributed by atoms with van der Waals surface area (Å²) in [7, 11) is 0. The molecule has 2 aromatic rings. The Morgan fingerprint density at radius 3 is 2.36 bits per heavy atom. The maximum atomic E-state index is 14.4. The van der Waals surface area contributed by atoms with Crippen LogP contribution < -0.4 is 0 Å². The van der Waals surface area contributed by atoms with E-state index in [1.54, 1.807) is 6.07 Å². The number of rotatable bonds is 6. The van der Waals surface area contributed by atoms with Crippen LogP contribution in [0.15, 0.2) is 48.5 Å². The van der Waals surface area contributed by atoms with Crippen molar-refractivity contribution < 1.29 is 18.3 Å². The second-order valence-corrected chi connectivity index (χ2v) is 11.0. The summed E-state index contributed by atoms with van der Waals surface area (Å²) in [5.74, 6) is -0.0309. The van der Waals surface area contributed by atoms with E-state index in [1.165, 1.54) is 37.8 Å². The molecule has 36 heavy (non-hydrogen) atoms. The Labute approximate surface area is 213 Å². The third-order valence-corrected chi connectivity index (χ3v) is 8.89. The number of benzene rings is 2. The molecule has 1 unspecified atom stereocenters. The summed E-state index contributed by atoms with van der Waals surface area (Å²) < 4.78 is 33.7. The third-order valence-electron chi connectivity index (χ3n) is 8.89. The minimum absolute atomic E-state index is 0.0135. The van der Waals surface area contributed by atoms with Gasteiger partial charge in [0, 0.05) is 37.3 Å². The van der Waals surface area contributed by atoms with Gasteiger partial charge >= 0.3 is 0 Å². The van der Waals surface area contributed by atoms with Crippen LogP contribution in [0.25, 0.3) is 0 Å². The van der Waals surface area contributed by atoms with Gasteiger partial charge in [0.05, 0.1) is 0 Å². The number of piperidine rings is 2. The maximum Gasteiger partial charge on any atom is 0.253 e. The van der Waals surface area contributed by atoms with E-state index in [4.69, 9.17) is 4.74 Å². The maximum absolute atomic E-state index is 14.4. The van der Waals surface area contributed by atoms with Crippen molar-refractivity contribution in [3.05, 3.63) is 71.3 Å². The first-order chi connectivity index (χ1) is 17.5. The average Bonchev–Trinajstić information content (AvgIpc) is 2.94. The quantitative estimate of drug-likeness (QED) is 0.517. The molecule has 0 aliphatic carbocycles. The van der Waals surface area contributed by atoms with Crippen molar-refractivity contribution in [2.75, 3.05) is 45.9 Å². The second kappa shape index (κ2) is 11.4. The highest BCUT2D eigenvalue weighted by Gasteiger charge is 2.40. The summed E-state index contributed by atoms with van der Waals surface area (Å²) in [6, 6.07) is 13.7. The number of likely N-dealkylation sites (tertiary alicyclic amines) is 2. The molecule has 6 heteroatoms. The van der Waals surface area contributed by atoms with Crippen molar-refractivity contribution in [1.82, 2.24) is 9.80 Å². The molecule has 0 N–H and O–H groups in total. The van der Waals surface area contributed by atoms with Crippen molar-refractivity contribution in [3.8, 4) is 0 Å². The standard InChI is InChI=1S/C30H38F2N2O2/c31-27-8-7-26(21-28(27)32)30(13-4-15-34(22-30)29(35)25-5-2-1-3-6-25)14-18-33-16-9-23(10-17-33)24-11-19-36-20-12-24/h1-3,5-8,21,23-24H,4,9-20,22H2. The highest BCUT2D eigenvalue weighted by Crippen LogP contribution is 2.39. The molecular formula is C30H38F2N2O2. The van der Waals surface area contributed by atoms with Crippen molar-refractivity contribution in [2.24, 2.45) is 11.8 Å². The van der Waals surface area contributed by atoms with Crippen LogP contribution in [0.1, 0.15) is 60.9 Å². The molecule has 5 rings (SSSR count). The van der Waals surface area contributed by atoms with Crippen LogP contribution >= 0.6 is 0 Å². The Kier molecular flexibility index (Phi) is 8.02. The largest absolute Gasteiger partial charge is 0.381 e. The molecule has 1 amide bonds. The fraction of sp³-hybridized carbons (Fsp3) is 0.567. The molecule has 0 saturated carbocycles. The van der Waals surface area contributed by atoms with Crippen LogP contribution in [-0.4, -0.2) is 61.6 Å². The molecule has 2 aromatic carbocycles. The number of hydrogen-bond donors (Lipinski definition) is 0. The first-order valence-electron chi connectivity index (χ1n) is 13.6. The summed E-state index contributed by atoms with van der Waals surface area (Å²) in [6.45, 7) is 6.11. The zero-order chi connectivity index (χ0) is 25.0. The van der Waals surface area contributed by atoms with E-state index in [2.05, 4.69) is 4.90 Å². The molecule has 3 aliphatic heterocycles. The SMILES string of the molecule is O=C(c1ccccc1)N1CCCC(CCN2CCC(C3CCOCC3)CC2)(c2ccc(F)c(F)c2)C1. The molecule has 0 aromatic heterocycles. The first kappa shape index (κ1) is 25.3. The Bertz CT molecular complexity index is 1020. The number of carbonyl (C=O) groups is 1. The predicted octanol–water partition coefficient (Wildman–Crippen LogP) is 5.67. The van der Waals surface area contributed by atoms with E-state index in [-0.39, 0.29) is 11.3 Å². The summed E-state index contributed by atoms with van der Waals surface area (Å²) in [6.07, 6.45) is 7.38. The van der Waals surface area contributed by atoms with Crippen LogP contribution in [0.4, 0.5) is 8.78 Å². The van der Waals surface area contributed by atoms with Crippen LogP contribution in [0.3, 0.4) is 0 Å². The van der Waals surface area contributed by atoms with Gasteiger partial charge in [-0.3, -0.25) is 4.79 Å². The van der Waals surface area contributed by atoms with Crippen LogP contribution in [0.2, 0.25) is 0 Å². The monoisotopic (exact) mass is 496 g/mol. The zero-order valence-corrected chi connectivity index (χ0v) is 21.1. The minimum atomic E-state index is -0.822. The van der Waals surface area contributed by atoms with Gasteiger partial charge in [-0.05, 0) is 106 Å². The number of nitrogens with zero attached hydrogens (tertiary/aromatic N) is 2. The zero-order valence-electron chi connectivity index (χ0n) is 21.1. The van der Waals surface area contributed by atoms with Gasteiger partial charge in [-0.25, -0.2) is 8.78 Å². The molecule has 0 radical (unpaired) electrons. The van der Waals surface area contributed by atoms with Gasteiger partial charge in [0.15, 0.2) is 11.6 Å². The molecule has 3 aliphatic rings. The highest BCUT2D eigenvalue weighted by atomic mass is 19.2. The lowest BCUT2D eigenvalue weighted by atomic mass is 9.71. The predicted molar refractivity (Wildman–Crippen MR) is 137 cm³/mol. The fourth-order valence-corrected chi connectivity index (χ4v) is 6.69. The van der Waals surface area contributed by atoms with Gasteiger partial charge in [-0.1, -0.05) is 24.3 Å². The normalized spacial score (nSPS) is 24.7. The van der Waals surface area contributed by atoms with Gasteiger partial charge in [0.1, 0.15) is 0 Å². The third kappa shape index (κ3) is 5.65. The molecule has 0 bridgehead atoms. The van der Waals surface area contributed by atoms with Crippen LogP contribution in [0.5, 0.6) is 0 Å². The Balaban J connectivity index is 1.29. The van der Waals surface area contributed by atoms with Crippen molar-refractivity contribution >= 4 is 5.91 Å². The van der Waals surface area contributed by atoms with Crippen molar-refractivity contribution in [1.29, 1.82) is 0 Å². The van der Waals surface area contributed by atoms with Crippen LogP contribution in [0, 0.1) is 23.5 Å². The topological polar surface area (TPSA) is 32.8 Å². The fourth-order valence-electron chi connectivity index (χ4n) is 6.69. The minimum Gasteiger partial charge on any atom is -0.381 e. The number of amides is 1. The number of hydrogen-bond acceptors (Lipinski definition) is 3. The second-order valence-electron chi connectivity index (χ2n) is 11.0. The van der Waals surface area contributed by atoms with Crippen LogP contribution in [-0.2, 0) is 10.2 Å². The highest BCUT2D eigenvalue weighted by molar-refractivity contribution is 5.94. The number of halogens is 2. The first-order valence-corrected chi connectivity index (χ1v) is 13.6. The van der Waals surface area contributed by atoms with E-state index in [1.807, 2.05) is 35.2 Å². The Morgan fingerprint density at radius 1 is 0.917 bits per heavy atom. The Morgan fingerprint density at radius 2 is 1.64 bits per heavy atom. The summed E-state index contributed by atoms with van der Waals surface area (Å²) >= 11 is 0. The molecule has 3 saturated heterocycles. The summed E-state index contributed by atoms with van der Waals surface area (Å²) in [4.78, 5) is 17.8. The van der Waals surface area contributed by atoms with E-state index in [0.29, 0.717) is 18.7 Å². The van der Waals surface area contributed by atoms with Gasteiger partial charge in [-0.15, -0.1) is 0 Å². The molecule has 0 spiro atoms. The Hall–Kier alpha value is -2.31. The van der Waals surface area contributed by atoms with Gasteiger partial charge in [-0.2, -0.15) is 0 Å². The lowest BCUT2D eigenvalue weighted by Crippen LogP contribution is -2.50. The van der Waals surface area contributed by atoms with Crippen molar-refractivity contribution in [3.63, 3.8) is 0 Å². The van der Waals surface area contributed by atoms with Gasteiger partial charge < -0.3 is 14.5 Å². The van der Waals surface area contributed by atoms with Gasteiger partial charge in [0.25, 0.3) is 5.91 Å². The lowest BCUT2D eigenvalue weighted by Gasteiger charge is -2.45. The molecule has 3 fully saturated rings. The number of carbonyl (C=O) groups excluding carboxylic acids is 1. The van der Waals surface area contributed by atoms with E-state index >= 15 is 0 Å². The van der Waals surface area contributed by atoms with Gasteiger partial charge in [0.2, 0.25) is 0 Å². The molecular weight excluding hydrogens is 458 g/mol. The smallest absolute Gasteiger partial charge is 0.253 e. The average molecular weight is 497 g/mol. The lowest BCUT2D eigenvalue weighted by molar-refractivity contribution is 0.0286. The summed E-state index contributed by atoms with van der Waals surface area (Å²) in [5, 5.41) is 0. The molecule has 4 nitrogen and oxygen atoms in total. The van der Waals surface area contributed by atoms with E-state index < -0.39 is 11.6 Å². The number of ether oxygens (including phenoxy) is 1. The molecule has 1 atom stereocenters. The molecule has 3 heterocycles. The van der Waals surface area contributed by atoms with E-state index in [0.717, 1.165) is 69.5 Å².